The molecule has 0 radical (unpaired) electrons. The van der Waals surface area contributed by atoms with Crippen molar-refractivity contribution in [2.45, 2.75) is 65.8 Å². The number of carbonyl (C=O) groups excluding carboxylic acids is 1. The minimum absolute atomic E-state index is 0.321. The molecule has 4 nitrogen and oxygen atoms in total. The summed E-state index contributed by atoms with van der Waals surface area (Å²) in [4.78, 5) is 11.6. The molecule has 2 rings (SSSR count). The molecule has 0 amide bonds. The van der Waals surface area contributed by atoms with Crippen molar-refractivity contribution in [1.29, 1.82) is 0 Å². The van der Waals surface area contributed by atoms with Gasteiger partial charge in [-0.15, -0.1) is 0 Å². The standard InChI is InChI=1S/C15H22N2O2.C4H10/c1-2-19-15(18)11-8-9-14(13(16)10-11)17-12-6-4-3-5-7-12;1-4(2)3/h8-10,12,17H,2-7,16H2,1H3;4H,1-3H3. The van der Waals surface area contributed by atoms with E-state index in [1.54, 1.807) is 19.1 Å². The monoisotopic (exact) mass is 320 g/mol. The van der Waals surface area contributed by atoms with Crippen molar-refractivity contribution in [1.82, 2.24) is 0 Å². The van der Waals surface area contributed by atoms with Gasteiger partial charge in [-0.25, -0.2) is 4.79 Å². The molecule has 0 atom stereocenters. The van der Waals surface area contributed by atoms with E-state index in [1.165, 1.54) is 32.1 Å². The van der Waals surface area contributed by atoms with Gasteiger partial charge in [-0.1, -0.05) is 40.0 Å². The number of rotatable bonds is 4. The van der Waals surface area contributed by atoms with Crippen LogP contribution in [0.15, 0.2) is 18.2 Å². The van der Waals surface area contributed by atoms with Gasteiger partial charge in [0.15, 0.2) is 0 Å². The highest BCUT2D eigenvalue weighted by atomic mass is 16.5. The van der Waals surface area contributed by atoms with E-state index in [0.29, 0.717) is 23.9 Å². The predicted octanol–water partition coefficient (Wildman–Crippen LogP) is 4.85. The first-order valence-electron chi connectivity index (χ1n) is 8.77. The molecule has 0 saturated heterocycles. The molecular formula is C19H32N2O2. The van der Waals surface area contributed by atoms with Crippen molar-refractivity contribution in [2.75, 3.05) is 17.7 Å². The van der Waals surface area contributed by atoms with Crippen molar-refractivity contribution < 1.29 is 9.53 Å². The summed E-state index contributed by atoms with van der Waals surface area (Å²) in [5.74, 6) is 0.512. The maximum absolute atomic E-state index is 11.6. The zero-order valence-electron chi connectivity index (χ0n) is 15.0. The Morgan fingerprint density at radius 1 is 1.26 bits per heavy atom. The lowest BCUT2D eigenvalue weighted by Gasteiger charge is -2.24. The van der Waals surface area contributed by atoms with E-state index < -0.39 is 0 Å². The molecule has 0 heterocycles. The number of nitrogens with two attached hydrogens (primary N) is 1. The fraction of sp³-hybridized carbons (Fsp3) is 0.632. The molecule has 1 aromatic carbocycles. The Bertz CT molecular complexity index is 478. The minimum Gasteiger partial charge on any atom is -0.462 e. The topological polar surface area (TPSA) is 64.3 Å². The van der Waals surface area contributed by atoms with E-state index in [0.717, 1.165) is 11.6 Å². The number of hydrogen-bond donors (Lipinski definition) is 2. The SMILES string of the molecule is CC(C)C.CCOC(=O)c1ccc(NC2CCCCC2)c(N)c1. The Morgan fingerprint density at radius 2 is 1.87 bits per heavy atom. The largest absolute Gasteiger partial charge is 0.462 e. The average molecular weight is 320 g/mol. The molecule has 4 heteroatoms. The maximum Gasteiger partial charge on any atom is 0.338 e. The van der Waals surface area contributed by atoms with Crippen molar-refractivity contribution in [2.24, 2.45) is 5.92 Å². The van der Waals surface area contributed by atoms with Crippen LogP contribution in [-0.4, -0.2) is 18.6 Å². The van der Waals surface area contributed by atoms with Crippen LogP contribution in [0.4, 0.5) is 11.4 Å². The van der Waals surface area contributed by atoms with Gasteiger partial charge in [-0.2, -0.15) is 0 Å². The number of hydrogen-bond acceptors (Lipinski definition) is 4. The molecule has 0 spiro atoms. The molecule has 3 N–H and O–H groups in total. The highest BCUT2D eigenvalue weighted by Crippen LogP contribution is 2.26. The van der Waals surface area contributed by atoms with Gasteiger partial charge in [0.1, 0.15) is 0 Å². The van der Waals surface area contributed by atoms with Crippen molar-refractivity contribution in [3.05, 3.63) is 23.8 Å². The molecule has 0 unspecified atom stereocenters. The Hall–Kier alpha value is -1.71. The van der Waals surface area contributed by atoms with Gasteiger partial charge >= 0.3 is 5.97 Å². The Labute approximate surface area is 140 Å². The van der Waals surface area contributed by atoms with Gasteiger partial charge in [0.2, 0.25) is 0 Å². The summed E-state index contributed by atoms with van der Waals surface area (Å²) in [6.07, 6.45) is 6.27. The van der Waals surface area contributed by atoms with E-state index in [2.05, 4.69) is 26.1 Å². The molecule has 130 valence electrons. The Morgan fingerprint density at radius 3 is 2.39 bits per heavy atom. The van der Waals surface area contributed by atoms with Crippen LogP contribution in [0, 0.1) is 5.92 Å². The van der Waals surface area contributed by atoms with Crippen LogP contribution in [0.3, 0.4) is 0 Å². The normalized spacial score (nSPS) is 14.8. The summed E-state index contributed by atoms with van der Waals surface area (Å²) in [6.45, 7) is 8.67. The summed E-state index contributed by atoms with van der Waals surface area (Å²) in [6, 6.07) is 5.82. The lowest BCUT2D eigenvalue weighted by Crippen LogP contribution is -2.22. The molecular weight excluding hydrogens is 288 g/mol. The van der Waals surface area contributed by atoms with E-state index in [9.17, 15) is 4.79 Å². The molecule has 1 saturated carbocycles. The second kappa shape index (κ2) is 10.1. The van der Waals surface area contributed by atoms with Crippen LogP contribution in [0.5, 0.6) is 0 Å². The van der Waals surface area contributed by atoms with Crippen LogP contribution in [0.2, 0.25) is 0 Å². The molecule has 1 aromatic rings. The van der Waals surface area contributed by atoms with Crippen LogP contribution in [0.25, 0.3) is 0 Å². The number of esters is 1. The zero-order valence-corrected chi connectivity index (χ0v) is 15.0. The molecule has 1 aliphatic rings. The fourth-order valence-corrected chi connectivity index (χ4v) is 2.50. The molecule has 1 aliphatic carbocycles. The lowest BCUT2D eigenvalue weighted by molar-refractivity contribution is 0.0526. The van der Waals surface area contributed by atoms with E-state index in [1.807, 2.05) is 6.07 Å². The van der Waals surface area contributed by atoms with E-state index >= 15 is 0 Å². The number of nitrogens with one attached hydrogen (secondary N) is 1. The third-order valence-corrected chi connectivity index (χ3v) is 3.53. The first kappa shape index (κ1) is 19.3. The number of ether oxygens (including phenoxy) is 1. The average Bonchev–Trinajstić information content (AvgIpc) is 2.50. The summed E-state index contributed by atoms with van der Waals surface area (Å²) < 4.78 is 4.96. The molecule has 23 heavy (non-hydrogen) atoms. The first-order chi connectivity index (χ1) is 10.9. The minimum atomic E-state index is -0.321. The second-order valence-electron chi connectivity index (χ2n) is 6.73. The molecule has 0 aromatic heterocycles. The predicted molar refractivity (Wildman–Crippen MR) is 97.8 cm³/mol. The van der Waals surface area contributed by atoms with Gasteiger partial charge in [0.05, 0.1) is 23.5 Å². The highest BCUT2D eigenvalue weighted by molar-refractivity contribution is 5.91. The first-order valence-corrected chi connectivity index (χ1v) is 8.77. The van der Waals surface area contributed by atoms with E-state index in [4.69, 9.17) is 10.5 Å². The number of benzene rings is 1. The fourth-order valence-electron chi connectivity index (χ4n) is 2.50. The molecule has 0 bridgehead atoms. The van der Waals surface area contributed by atoms with E-state index in [-0.39, 0.29) is 5.97 Å². The van der Waals surface area contributed by atoms with Crippen LogP contribution in [0.1, 0.15) is 70.2 Å². The molecule has 1 fully saturated rings. The van der Waals surface area contributed by atoms with Crippen LogP contribution >= 0.6 is 0 Å². The summed E-state index contributed by atoms with van der Waals surface area (Å²) >= 11 is 0. The second-order valence-corrected chi connectivity index (χ2v) is 6.73. The van der Waals surface area contributed by atoms with Crippen LogP contribution < -0.4 is 11.1 Å². The Balaban J connectivity index is 0.000000593. The number of anilines is 2. The van der Waals surface area contributed by atoms with Gasteiger partial charge < -0.3 is 15.8 Å². The third kappa shape index (κ3) is 7.40. The van der Waals surface area contributed by atoms with Gasteiger partial charge in [0.25, 0.3) is 0 Å². The zero-order chi connectivity index (χ0) is 17.2. The van der Waals surface area contributed by atoms with Crippen molar-refractivity contribution in [3.8, 4) is 0 Å². The summed E-state index contributed by atoms with van der Waals surface area (Å²) in [5.41, 5.74) is 8.03. The van der Waals surface area contributed by atoms with Gasteiger partial charge in [-0.3, -0.25) is 0 Å². The molecule has 0 aliphatic heterocycles. The number of nitrogen functional groups attached to an aromatic ring is 1. The van der Waals surface area contributed by atoms with Gasteiger partial charge in [-0.05, 0) is 43.9 Å². The number of carbonyl (C=O) groups is 1. The maximum atomic E-state index is 11.6. The smallest absolute Gasteiger partial charge is 0.338 e. The van der Waals surface area contributed by atoms with Gasteiger partial charge in [0, 0.05) is 6.04 Å². The Kier molecular flexibility index (Phi) is 8.52. The highest BCUT2D eigenvalue weighted by Gasteiger charge is 2.15. The quantitative estimate of drug-likeness (QED) is 0.614. The summed E-state index contributed by atoms with van der Waals surface area (Å²) in [5, 5.41) is 3.47. The van der Waals surface area contributed by atoms with Crippen molar-refractivity contribution >= 4 is 17.3 Å². The third-order valence-electron chi connectivity index (χ3n) is 3.53. The van der Waals surface area contributed by atoms with Crippen LogP contribution in [-0.2, 0) is 4.74 Å². The van der Waals surface area contributed by atoms with Crippen molar-refractivity contribution in [3.63, 3.8) is 0 Å². The summed E-state index contributed by atoms with van der Waals surface area (Å²) in [7, 11) is 0. The lowest BCUT2D eigenvalue weighted by atomic mass is 9.95.